The van der Waals surface area contributed by atoms with Crippen molar-refractivity contribution in [2.75, 3.05) is 0 Å². The third-order valence-corrected chi connectivity index (χ3v) is 2.58. The van der Waals surface area contributed by atoms with Crippen molar-refractivity contribution in [3.8, 4) is 0 Å². The summed E-state index contributed by atoms with van der Waals surface area (Å²) in [5.41, 5.74) is 0.212. The van der Waals surface area contributed by atoms with Crippen LogP contribution in [-0.2, 0) is 5.54 Å². The molecule has 0 aliphatic rings. The van der Waals surface area contributed by atoms with Crippen molar-refractivity contribution in [3.63, 3.8) is 0 Å². The number of aromatic nitrogens is 2. The van der Waals surface area contributed by atoms with Crippen LogP contribution in [-0.4, -0.2) is 9.78 Å². The van der Waals surface area contributed by atoms with E-state index < -0.39 is 0 Å². The molecule has 62 valence electrons. The first kappa shape index (κ1) is 8.31. The first-order valence-electron chi connectivity index (χ1n) is 4.23. The molecule has 1 heterocycles. The lowest BCUT2D eigenvalue weighted by molar-refractivity contribution is 0.264. The van der Waals surface area contributed by atoms with Gasteiger partial charge in [0.05, 0.1) is 5.54 Å². The quantitative estimate of drug-likeness (QED) is 0.650. The highest BCUT2D eigenvalue weighted by atomic mass is 15.3. The van der Waals surface area contributed by atoms with Gasteiger partial charge in [-0.1, -0.05) is 13.8 Å². The fourth-order valence-electron chi connectivity index (χ4n) is 1.16. The van der Waals surface area contributed by atoms with E-state index in [1.165, 1.54) is 0 Å². The van der Waals surface area contributed by atoms with E-state index in [4.69, 9.17) is 0 Å². The van der Waals surface area contributed by atoms with Gasteiger partial charge in [-0.2, -0.15) is 5.10 Å². The zero-order chi connectivity index (χ0) is 8.32. The van der Waals surface area contributed by atoms with Gasteiger partial charge in [0.15, 0.2) is 0 Å². The average Bonchev–Trinajstić information content (AvgIpc) is 2.55. The number of hydrogen-bond acceptors (Lipinski definition) is 1. The maximum atomic E-state index is 4.25. The van der Waals surface area contributed by atoms with Crippen molar-refractivity contribution < 1.29 is 0 Å². The zero-order valence-corrected chi connectivity index (χ0v) is 7.54. The predicted molar refractivity (Wildman–Crippen MR) is 46.5 cm³/mol. The molecule has 1 rings (SSSR count). The second-order valence-electron chi connectivity index (χ2n) is 3.15. The van der Waals surface area contributed by atoms with Crippen LogP contribution in [0.2, 0.25) is 0 Å². The normalized spacial score (nSPS) is 11.9. The lowest BCUT2D eigenvalue weighted by Gasteiger charge is -2.27. The molecule has 0 atom stereocenters. The molecule has 0 fully saturated rings. The Hall–Kier alpha value is -0.790. The molecule has 0 saturated carbocycles. The average molecular weight is 152 g/mol. The van der Waals surface area contributed by atoms with Crippen LogP contribution >= 0.6 is 0 Å². The molecule has 0 bridgehead atoms. The zero-order valence-electron chi connectivity index (χ0n) is 7.54. The van der Waals surface area contributed by atoms with E-state index >= 15 is 0 Å². The summed E-state index contributed by atoms with van der Waals surface area (Å²) in [6, 6.07) is 1.98. The van der Waals surface area contributed by atoms with Gasteiger partial charge in [-0.05, 0) is 25.8 Å². The third kappa shape index (κ3) is 1.44. The van der Waals surface area contributed by atoms with Crippen molar-refractivity contribution in [2.24, 2.45) is 0 Å². The van der Waals surface area contributed by atoms with Crippen LogP contribution in [0.1, 0.15) is 33.6 Å². The molecule has 0 radical (unpaired) electrons. The summed E-state index contributed by atoms with van der Waals surface area (Å²) >= 11 is 0. The Balaban J connectivity index is 2.87. The van der Waals surface area contributed by atoms with Crippen molar-refractivity contribution in [1.82, 2.24) is 9.78 Å². The second-order valence-corrected chi connectivity index (χ2v) is 3.15. The molecule has 0 amide bonds. The second kappa shape index (κ2) is 3.07. The summed E-state index contributed by atoms with van der Waals surface area (Å²) in [6.07, 6.45) is 6.13. The van der Waals surface area contributed by atoms with Crippen LogP contribution in [0.15, 0.2) is 18.5 Å². The van der Waals surface area contributed by atoms with Crippen LogP contribution in [0.25, 0.3) is 0 Å². The highest BCUT2D eigenvalue weighted by molar-refractivity contribution is 4.86. The van der Waals surface area contributed by atoms with E-state index in [2.05, 4.69) is 25.9 Å². The molecule has 0 saturated heterocycles. The van der Waals surface area contributed by atoms with Crippen molar-refractivity contribution >= 4 is 0 Å². The Morgan fingerprint density at radius 1 is 1.36 bits per heavy atom. The van der Waals surface area contributed by atoms with E-state index in [1.54, 1.807) is 0 Å². The fourth-order valence-corrected chi connectivity index (χ4v) is 1.16. The molecule has 2 heteroatoms. The summed E-state index contributed by atoms with van der Waals surface area (Å²) in [6.45, 7) is 6.64. The minimum absolute atomic E-state index is 0.212. The molecular formula is C9H16N2. The maximum absolute atomic E-state index is 4.25. The molecule has 1 aromatic rings. The van der Waals surface area contributed by atoms with Gasteiger partial charge in [0.25, 0.3) is 0 Å². The van der Waals surface area contributed by atoms with Gasteiger partial charge < -0.3 is 0 Å². The molecule has 2 nitrogen and oxygen atoms in total. The lowest BCUT2D eigenvalue weighted by Crippen LogP contribution is -2.28. The largest absolute Gasteiger partial charge is 0.267 e. The SMILES string of the molecule is CCC(C)(CC)n1cccn1. The Morgan fingerprint density at radius 2 is 2.00 bits per heavy atom. The summed E-state index contributed by atoms with van der Waals surface area (Å²) in [5.74, 6) is 0. The van der Waals surface area contributed by atoms with E-state index in [9.17, 15) is 0 Å². The van der Waals surface area contributed by atoms with Crippen LogP contribution in [0, 0.1) is 0 Å². The smallest absolute Gasteiger partial charge is 0.0594 e. The number of nitrogens with zero attached hydrogens (tertiary/aromatic N) is 2. The number of rotatable bonds is 3. The molecule has 0 spiro atoms. The first-order valence-corrected chi connectivity index (χ1v) is 4.23. The molecule has 0 aliphatic carbocycles. The summed E-state index contributed by atoms with van der Waals surface area (Å²) in [4.78, 5) is 0. The van der Waals surface area contributed by atoms with Crippen molar-refractivity contribution in [3.05, 3.63) is 18.5 Å². The fraction of sp³-hybridized carbons (Fsp3) is 0.667. The van der Waals surface area contributed by atoms with Gasteiger partial charge in [-0.15, -0.1) is 0 Å². The molecule has 0 aromatic carbocycles. The highest BCUT2D eigenvalue weighted by Gasteiger charge is 2.21. The van der Waals surface area contributed by atoms with Gasteiger partial charge in [-0.3, -0.25) is 4.68 Å². The minimum atomic E-state index is 0.212. The Bertz CT molecular complexity index is 197. The van der Waals surface area contributed by atoms with Gasteiger partial charge in [0.1, 0.15) is 0 Å². The molecule has 11 heavy (non-hydrogen) atoms. The standard InChI is InChI=1S/C9H16N2/c1-4-9(3,5-2)11-8-6-7-10-11/h6-8H,4-5H2,1-3H3. The predicted octanol–water partition coefficient (Wildman–Crippen LogP) is 2.42. The van der Waals surface area contributed by atoms with Crippen LogP contribution in [0.4, 0.5) is 0 Å². The van der Waals surface area contributed by atoms with Gasteiger partial charge in [-0.25, -0.2) is 0 Å². The first-order chi connectivity index (χ1) is 5.23. The monoisotopic (exact) mass is 152 g/mol. The summed E-state index contributed by atoms with van der Waals surface area (Å²) < 4.78 is 2.05. The Morgan fingerprint density at radius 3 is 2.36 bits per heavy atom. The van der Waals surface area contributed by atoms with Crippen LogP contribution < -0.4 is 0 Å². The Kier molecular flexibility index (Phi) is 2.32. The lowest BCUT2D eigenvalue weighted by atomic mass is 9.96. The van der Waals surface area contributed by atoms with Gasteiger partial charge in [0, 0.05) is 12.4 Å². The highest BCUT2D eigenvalue weighted by Crippen LogP contribution is 2.22. The van der Waals surface area contributed by atoms with E-state index in [0.717, 1.165) is 12.8 Å². The molecular weight excluding hydrogens is 136 g/mol. The summed E-state index contributed by atoms with van der Waals surface area (Å²) in [5, 5.41) is 4.25. The van der Waals surface area contributed by atoms with Gasteiger partial charge in [0.2, 0.25) is 0 Å². The Labute approximate surface area is 68.2 Å². The topological polar surface area (TPSA) is 17.8 Å². The number of hydrogen-bond donors (Lipinski definition) is 0. The van der Waals surface area contributed by atoms with Crippen LogP contribution in [0.3, 0.4) is 0 Å². The molecule has 1 aromatic heterocycles. The van der Waals surface area contributed by atoms with Crippen molar-refractivity contribution in [1.29, 1.82) is 0 Å². The molecule has 0 aliphatic heterocycles. The third-order valence-electron chi connectivity index (χ3n) is 2.58. The molecule has 0 unspecified atom stereocenters. The maximum Gasteiger partial charge on any atom is 0.0594 e. The van der Waals surface area contributed by atoms with Crippen LogP contribution in [0.5, 0.6) is 0 Å². The van der Waals surface area contributed by atoms with Gasteiger partial charge >= 0.3 is 0 Å². The minimum Gasteiger partial charge on any atom is -0.267 e. The van der Waals surface area contributed by atoms with E-state index in [-0.39, 0.29) is 5.54 Å². The molecule has 0 N–H and O–H groups in total. The summed E-state index contributed by atoms with van der Waals surface area (Å²) in [7, 11) is 0. The van der Waals surface area contributed by atoms with Crippen molar-refractivity contribution in [2.45, 2.75) is 39.2 Å². The van der Waals surface area contributed by atoms with E-state index in [0.29, 0.717) is 0 Å². The van der Waals surface area contributed by atoms with E-state index in [1.807, 2.05) is 23.1 Å².